The Labute approximate surface area is 184 Å². The van der Waals surface area contributed by atoms with Crippen molar-refractivity contribution < 1.29 is 23.1 Å². The normalized spacial score (nSPS) is 14.4. The van der Waals surface area contributed by atoms with Crippen LogP contribution in [0.3, 0.4) is 0 Å². The molecule has 0 bridgehead atoms. The highest BCUT2D eigenvalue weighted by Crippen LogP contribution is 2.31. The van der Waals surface area contributed by atoms with Gasteiger partial charge in [0.05, 0.1) is 12.4 Å². The Kier molecular flexibility index (Phi) is 8.82. The molecule has 2 rings (SSSR count). The number of pyridine rings is 1. The number of hydrogen-bond acceptors (Lipinski definition) is 6. The van der Waals surface area contributed by atoms with Crippen LogP contribution in [0.4, 0.5) is 5.82 Å². The number of rotatable bonds is 13. The molecule has 0 saturated carbocycles. The molecule has 2 aromatic rings. The van der Waals surface area contributed by atoms with E-state index in [0.29, 0.717) is 31.6 Å². The number of nitrogens with one attached hydrogen (secondary N) is 2. The number of carboxylic acid groups (broad SMARTS) is 1. The highest BCUT2D eigenvalue weighted by Gasteiger charge is 2.41. The molecule has 0 saturated heterocycles. The van der Waals surface area contributed by atoms with Gasteiger partial charge >= 0.3 is 5.97 Å². The molecule has 9 heteroatoms. The number of aliphatic carboxylic acids is 1. The van der Waals surface area contributed by atoms with Gasteiger partial charge in [-0.15, -0.1) is 0 Å². The van der Waals surface area contributed by atoms with Crippen LogP contribution in [0.25, 0.3) is 0 Å². The van der Waals surface area contributed by atoms with Gasteiger partial charge in [-0.3, -0.25) is 0 Å². The summed E-state index contributed by atoms with van der Waals surface area (Å²) in [4.78, 5) is 16.3. The molecule has 0 aliphatic rings. The molecule has 0 amide bonds. The number of hydrogen-bond donors (Lipinski definition) is 3. The number of aromatic nitrogens is 1. The van der Waals surface area contributed by atoms with Crippen molar-refractivity contribution in [2.24, 2.45) is 0 Å². The van der Waals surface area contributed by atoms with Crippen molar-refractivity contribution in [3.63, 3.8) is 0 Å². The van der Waals surface area contributed by atoms with Crippen LogP contribution in [0.1, 0.15) is 45.6 Å². The van der Waals surface area contributed by atoms with Crippen molar-refractivity contribution in [3.8, 4) is 5.75 Å². The van der Waals surface area contributed by atoms with Crippen molar-refractivity contribution in [1.82, 2.24) is 9.71 Å². The van der Waals surface area contributed by atoms with Crippen LogP contribution in [-0.2, 0) is 20.4 Å². The largest absolute Gasteiger partial charge is 0.493 e. The van der Waals surface area contributed by atoms with Gasteiger partial charge in [-0.1, -0.05) is 37.6 Å². The van der Waals surface area contributed by atoms with Crippen LogP contribution >= 0.6 is 0 Å². The predicted molar refractivity (Wildman–Crippen MR) is 121 cm³/mol. The van der Waals surface area contributed by atoms with Crippen LogP contribution in [0.15, 0.2) is 48.7 Å². The number of unbranched alkanes of at least 4 members (excludes halogenated alkanes) is 1. The number of benzene rings is 1. The minimum atomic E-state index is -3.78. The average molecular weight is 450 g/mol. The summed E-state index contributed by atoms with van der Waals surface area (Å²) in [7, 11) is -3.78. The second kappa shape index (κ2) is 11.1. The second-order valence-electron chi connectivity index (χ2n) is 7.60. The molecule has 1 heterocycles. The van der Waals surface area contributed by atoms with Crippen LogP contribution in [0, 0.1) is 0 Å². The molecule has 1 aromatic heterocycles. The summed E-state index contributed by atoms with van der Waals surface area (Å²) >= 11 is 0. The third-order valence-electron chi connectivity index (χ3n) is 4.85. The first kappa shape index (κ1) is 24.6. The first-order valence-electron chi connectivity index (χ1n) is 10.3. The Bertz CT molecular complexity index is 953. The van der Waals surface area contributed by atoms with Crippen molar-refractivity contribution in [1.29, 1.82) is 0 Å². The minimum Gasteiger partial charge on any atom is -0.493 e. The van der Waals surface area contributed by atoms with E-state index in [1.165, 1.54) is 6.92 Å². The fraction of sp³-hybridized carbons (Fsp3) is 0.455. The Morgan fingerprint density at radius 3 is 2.58 bits per heavy atom. The molecule has 0 spiro atoms. The van der Waals surface area contributed by atoms with E-state index < -0.39 is 21.5 Å². The highest BCUT2D eigenvalue weighted by atomic mass is 32.2. The van der Waals surface area contributed by atoms with Crippen LogP contribution in [0.5, 0.6) is 5.75 Å². The van der Waals surface area contributed by atoms with Gasteiger partial charge in [-0.25, -0.2) is 18.2 Å². The van der Waals surface area contributed by atoms with Crippen LogP contribution in [0.2, 0.25) is 0 Å². The number of nitrogens with zero attached hydrogens (tertiary/aromatic N) is 1. The molecular weight excluding hydrogens is 418 g/mol. The average Bonchev–Trinajstić information content (AvgIpc) is 2.73. The first-order chi connectivity index (χ1) is 14.7. The molecule has 1 aromatic carbocycles. The lowest BCUT2D eigenvalue weighted by Gasteiger charge is -2.28. The summed E-state index contributed by atoms with van der Waals surface area (Å²) in [6, 6.07) is 12.3. The zero-order valence-electron chi connectivity index (χ0n) is 18.2. The van der Waals surface area contributed by atoms with Crippen LogP contribution in [-0.4, -0.2) is 42.9 Å². The Morgan fingerprint density at radius 1 is 1.23 bits per heavy atom. The van der Waals surface area contributed by atoms with E-state index in [9.17, 15) is 18.3 Å². The SMILES string of the molecule is CCCCS(=O)(=O)NC(C)(C(=O)O)c1ccccc1OCCC(C)Nc1ccccn1. The van der Waals surface area contributed by atoms with Crippen molar-refractivity contribution >= 4 is 21.8 Å². The minimum absolute atomic E-state index is 0.0699. The summed E-state index contributed by atoms with van der Waals surface area (Å²) < 4.78 is 33.1. The summed E-state index contributed by atoms with van der Waals surface area (Å²) in [5, 5.41) is 13.1. The van der Waals surface area contributed by atoms with E-state index in [0.717, 1.165) is 5.82 Å². The monoisotopic (exact) mass is 449 g/mol. The topological polar surface area (TPSA) is 118 Å². The summed E-state index contributed by atoms with van der Waals surface area (Å²) in [5.41, 5.74) is -1.59. The fourth-order valence-corrected chi connectivity index (χ4v) is 4.62. The molecule has 3 N–H and O–H groups in total. The van der Waals surface area contributed by atoms with Gasteiger partial charge in [0.1, 0.15) is 11.6 Å². The highest BCUT2D eigenvalue weighted by molar-refractivity contribution is 7.89. The van der Waals surface area contributed by atoms with Gasteiger partial charge in [0.15, 0.2) is 5.54 Å². The van der Waals surface area contributed by atoms with E-state index in [1.54, 1.807) is 30.5 Å². The number of carboxylic acids is 1. The van der Waals surface area contributed by atoms with E-state index in [2.05, 4.69) is 15.0 Å². The third-order valence-corrected chi connectivity index (χ3v) is 6.39. The van der Waals surface area contributed by atoms with Gasteiger partial charge in [0.25, 0.3) is 0 Å². The fourth-order valence-electron chi connectivity index (χ4n) is 3.03. The Hall–Kier alpha value is -2.65. The Balaban J connectivity index is 2.12. The Morgan fingerprint density at radius 2 is 1.94 bits per heavy atom. The quantitative estimate of drug-likeness (QED) is 0.429. The van der Waals surface area contributed by atoms with Gasteiger partial charge in [-0.05, 0) is 38.5 Å². The summed E-state index contributed by atoms with van der Waals surface area (Å²) in [6.07, 6.45) is 3.48. The smallest absolute Gasteiger partial charge is 0.329 e. The number of para-hydroxylation sites is 1. The molecule has 170 valence electrons. The maximum atomic E-state index is 12.4. The lowest BCUT2D eigenvalue weighted by atomic mass is 9.92. The molecule has 0 radical (unpaired) electrons. The first-order valence-corrected chi connectivity index (χ1v) is 12.0. The number of sulfonamides is 1. The van der Waals surface area contributed by atoms with E-state index >= 15 is 0 Å². The molecule has 2 unspecified atom stereocenters. The van der Waals surface area contributed by atoms with E-state index in [4.69, 9.17) is 4.74 Å². The van der Waals surface area contributed by atoms with Gasteiger partial charge in [0, 0.05) is 24.2 Å². The van der Waals surface area contributed by atoms with Gasteiger partial charge < -0.3 is 15.2 Å². The van der Waals surface area contributed by atoms with Crippen LogP contribution < -0.4 is 14.8 Å². The zero-order valence-corrected chi connectivity index (χ0v) is 19.0. The zero-order chi connectivity index (χ0) is 22.9. The predicted octanol–water partition coefficient (Wildman–Crippen LogP) is 3.37. The maximum Gasteiger partial charge on any atom is 0.329 e. The van der Waals surface area contributed by atoms with E-state index in [-0.39, 0.29) is 17.4 Å². The van der Waals surface area contributed by atoms with Gasteiger partial charge in [-0.2, -0.15) is 4.72 Å². The summed E-state index contributed by atoms with van der Waals surface area (Å²) in [5.74, 6) is -0.341. The van der Waals surface area contributed by atoms with Crippen molar-refractivity contribution in [2.45, 2.75) is 51.6 Å². The standard InChI is InChI=1S/C22H31N3O5S/c1-4-5-16-31(28,29)25-22(3,21(26)27)18-10-6-7-11-19(18)30-15-13-17(2)24-20-12-8-9-14-23-20/h6-12,14,17,25H,4-5,13,15-16H2,1-3H3,(H,23,24)(H,26,27). The second-order valence-corrected chi connectivity index (χ2v) is 9.44. The lowest BCUT2D eigenvalue weighted by molar-refractivity contribution is -0.143. The number of anilines is 1. The number of carbonyl (C=O) groups is 1. The molecule has 0 aliphatic heterocycles. The number of ether oxygens (including phenoxy) is 1. The summed E-state index contributed by atoms with van der Waals surface area (Å²) in [6.45, 7) is 5.52. The molecule has 0 aliphatic carbocycles. The maximum absolute atomic E-state index is 12.4. The third kappa shape index (κ3) is 7.22. The van der Waals surface area contributed by atoms with E-state index in [1.807, 2.05) is 32.0 Å². The molecule has 0 fully saturated rings. The molecule has 8 nitrogen and oxygen atoms in total. The lowest BCUT2D eigenvalue weighted by Crippen LogP contribution is -2.50. The molecule has 2 atom stereocenters. The van der Waals surface area contributed by atoms with Crippen molar-refractivity contribution in [3.05, 3.63) is 54.2 Å². The molecular formula is C22H31N3O5S. The molecule has 31 heavy (non-hydrogen) atoms. The van der Waals surface area contributed by atoms with Crippen molar-refractivity contribution in [2.75, 3.05) is 17.7 Å². The van der Waals surface area contributed by atoms with Gasteiger partial charge in [0.2, 0.25) is 10.0 Å².